The number of halogens is 1. The van der Waals surface area contributed by atoms with Gasteiger partial charge in [-0.05, 0) is 48.6 Å². The Bertz CT molecular complexity index is 718. The standard InChI is InChI=1S/C13H14FNO3S2/c1-8-3-10(14)5-11(4-8)15-20(17,18)13-9(2)7-19-12(13)6-16/h3-5,7,15-16H,6H2,1-2H3. The Morgan fingerprint density at radius 2 is 2.00 bits per heavy atom. The number of aryl methyl sites for hydroxylation is 2. The van der Waals surface area contributed by atoms with Crippen LogP contribution in [0.5, 0.6) is 0 Å². The van der Waals surface area contributed by atoms with Gasteiger partial charge in [-0.2, -0.15) is 0 Å². The molecule has 4 nitrogen and oxygen atoms in total. The van der Waals surface area contributed by atoms with E-state index in [9.17, 15) is 17.9 Å². The highest BCUT2D eigenvalue weighted by Gasteiger charge is 2.23. The molecule has 0 atom stereocenters. The summed E-state index contributed by atoms with van der Waals surface area (Å²) >= 11 is 1.18. The molecule has 2 N–H and O–H groups in total. The van der Waals surface area contributed by atoms with Crippen molar-refractivity contribution >= 4 is 27.0 Å². The Hall–Kier alpha value is -1.44. The van der Waals surface area contributed by atoms with Gasteiger partial charge in [0.2, 0.25) is 0 Å². The molecule has 0 aliphatic rings. The third kappa shape index (κ3) is 3.00. The summed E-state index contributed by atoms with van der Waals surface area (Å²) in [4.78, 5) is 0.426. The van der Waals surface area contributed by atoms with Crippen molar-refractivity contribution < 1.29 is 17.9 Å². The summed E-state index contributed by atoms with van der Waals surface area (Å²) in [5.74, 6) is -0.507. The van der Waals surface area contributed by atoms with E-state index in [-0.39, 0.29) is 17.2 Å². The first kappa shape index (κ1) is 15.0. The van der Waals surface area contributed by atoms with Crippen molar-refractivity contribution in [2.75, 3.05) is 4.72 Å². The number of aliphatic hydroxyl groups excluding tert-OH is 1. The summed E-state index contributed by atoms with van der Waals surface area (Å²) < 4.78 is 40.3. The zero-order valence-corrected chi connectivity index (χ0v) is 12.6. The van der Waals surface area contributed by atoms with Crippen LogP contribution in [0.3, 0.4) is 0 Å². The normalized spacial score (nSPS) is 11.6. The Labute approximate surface area is 120 Å². The summed E-state index contributed by atoms with van der Waals surface area (Å²) in [5.41, 5.74) is 1.34. The molecule has 0 unspecified atom stereocenters. The number of hydrogen-bond donors (Lipinski definition) is 2. The molecule has 0 amide bonds. The summed E-state index contributed by atoms with van der Waals surface area (Å²) in [7, 11) is -3.84. The maximum atomic E-state index is 13.3. The molecule has 20 heavy (non-hydrogen) atoms. The number of sulfonamides is 1. The number of anilines is 1. The van der Waals surface area contributed by atoms with E-state index < -0.39 is 15.8 Å². The van der Waals surface area contributed by atoms with Gasteiger partial charge in [-0.15, -0.1) is 11.3 Å². The van der Waals surface area contributed by atoms with Crippen LogP contribution in [0.25, 0.3) is 0 Å². The van der Waals surface area contributed by atoms with E-state index >= 15 is 0 Å². The predicted molar refractivity (Wildman–Crippen MR) is 76.9 cm³/mol. The van der Waals surface area contributed by atoms with Crippen molar-refractivity contribution in [1.82, 2.24) is 0 Å². The SMILES string of the molecule is Cc1cc(F)cc(NS(=O)(=O)c2c(C)csc2CO)c1. The molecular formula is C13H14FNO3S2. The second-order valence-corrected chi connectivity index (χ2v) is 7.04. The van der Waals surface area contributed by atoms with E-state index in [4.69, 9.17) is 0 Å². The molecule has 0 aliphatic heterocycles. The molecule has 0 radical (unpaired) electrons. The smallest absolute Gasteiger partial charge is 0.263 e. The van der Waals surface area contributed by atoms with E-state index in [1.54, 1.807) is 25.3 Å². The second-order valence-electron chi connectivity index (χ2n) is 4.45. The van der Waals surface area contributed by atoms with E-state index in [2.05, 4.69) is 4.72 Å². The van der Waals surface area contributed by atoms with Crippen molar-refractivity contribution in [1.29, 1.82) is 0 Å². The molecule has 2 rings (SSSR count). The molecule has 0 saturated heterocycles. The fourth-order valence-electron chi connectivity index (χ4n) is 1.96. The van der Waals surface area contributed by atoms with Gasteiger partial charge in [0.1, 0.15) is 10.7 Å². The van der Waals surface area contributed by atoms with Crippen molar-refractivity contribution in [3.8, 4) is 0 Å². The van der Waals surface area contributed by atoms with Crippen LogP contribution in [-0.4, -0.2) is 13.5 Å². The molecular weight excluding hydrogens is 301 g/mol. The molecule has 1 aromatic carbocycles. The topological polar surface area (TPSA) is 66.4 Å². The Kier molecular flexibility index (Phi) is 4.12. The zero-order valence-electron chi connectivity index (χ0n) is 11.0. The van der Waals surface area contributed by atoms with Crippen LogP contribution < -0.4 is 4.72 Å². The average molecular weight is 315 g/mol. The van der Waals surface area contributed by atoms with Crippen LogP contribution in [0, 0.1) is 19.7 Å². The molecule has 7 heteroatoms. The largest absolute Gasteiger partial charge is 0.391 e. The Balaban J connectivity index is 2.43. The summed E-state index contributed by atoms with van der Waals surface area (Å²) in [6.45, 7) is 2.98. The molecule has 1 heterocycles. The van der Waals surface area contributed by atoms with Gasteiger partial charge < -0.3 is 5.11 Å². The number of thiophene rings is 1. The second kappa shape index (κ2) is 5.51. The van der Waals surface area contributed by atoms with Crippen LogP contribution in [0.2, 0.25) is 0 Å². The van der Waals surface area contributed by atoms with Crippen molar-refractivity contribution in [3.63, 3.8) is 0 Å². The first-order valence-corrected chi connectivity index (χ1v) is 8.17. The van der Waals surface area contributed by atoms with E-state index in [1.165, 1.54) is 17.4 Å². The number of hydrogen-bond acceptors (Lipinski definition) is 4. The van der Waals surface area contributed by atoms with Gasteiger partial charge in [-0.25, -0.2) is 12.8 Å². The highest BCUT2D eigenvalue weighted by molar-refractivity contribution is 7.93. The van der Waals surface area contributed by atoms with E-state index in [0.717, 1.165) is 6.07 Å². The first-order chi connectivity index (χ1) is 9.33. The van der Waals surface area contributed by atoms with E-state index in [0.29, 0.717) is 16.0 Å². The molecule has 0 aliphatic carbocycles. The van der Waals surface area contributed by atoms with Crippen molar-refractivity contribution in [2.24, 2.45) is 0 Å². The zero-order chi connectivity index (χ0) is 14.9. The molecule has 108 valence electrons. The average Bonchev–Trinajstić information content (AvgIpc) is 2.69. The predicted octanol–water partition coefficient (Wildman–Crippen LogP) is 2.80. The quantitative estimate of drug-likeness (QED) is 0.912. The Morgan fingerprint density at radius 1 is 1.30 bits per heavy atom. The molecule has 0 fully saturated rings. The van der Waals surface area contributed by atoms with Crippen molar-refractivity contribution in [3.05, 3.63) is 45.4 Å². The lowest BCUT2D eigenvalue weighted by atomic mass is 10.2. The lowest BCUT2D eigenvalue weighted by molar-refractivity contribution is 0.282. The number of nitrogens with one attached hydrogen (secondary N) is 1. The monoisotopic (exact) mass is 315 g/mol. The van der Waals surface area contributed by atoms with Gasteiger partial charge in [-0.1, -0.05) is 0 Å². The maximum Gasteiger partial charge on any atom is 0.263 e. The van der Waals surface area contributed by atoms with Gasteiger partial charge in [0.15, 0.2) is 0 Å². The molecule has 1 aromatic heterocycles. The third-order valence-corrected chi connectivity index (χ3v) is 5.52. The van der Waals surface area contributed by atoms with Crippen LogP contribution in [0.4, 0.5) is 10.1 Å². The molecule has 0 spiro atoms. The van der Waals surface area contributed by atoms with Crippen LogP contribution >= 0.6 is 11.3 Å². The first-order valence-electron chi connectivity index (χ1n) is 5.81. The lowest BCUT2D eigenvalue weighted by Gasteiger charge is -2.10. The van der Waals surface area contributed by atoms with Gasteiger partial charge in [0.25, 0.3) is 10.0 Å². The van der Waals surface area contributed by atoms with Gasteiger partial charge in [0.05, 0.1) is 17.2 Å². The van der Waals surface area contributed by atoms with Gasteiger partial charge in [-0.3, -0.25) is 4.72 Å². The molecule has 2 aromatic rings. The lowest BCUT2D eigenvalue weighted by Crippen LogP contribution is -2.15. The van der Waals surface area contributed by atoms with E-state index in [1.807, 2.05) is 0 Å². The molecule has 0 saturated carbocycles. The van der Waals surface area contributed by atoms with Crippen LogP contribution in [0.1, 0.15) is 16.0 Å². The maximum absolute atomic E-state index is 13.3. The number of rotatable bonds is 4. The van der Waals surface area contributed by atoms with Crippen LogP contribution in [0.15, 0.2) is 28.5 Å². The summed E-state index contributed by atoms with van der Waals surface area (Å²) in [6.07, 6.45) is 0. The van der Waals surface area contributed by atoms with Crippen LogP contribution in [-0.2, 0) is 16.6 Å². The minimum atomic E-state index is -3.84. The minimum absolute atomic E-state index is 0.0620. The Morgan fingerprint density at radius 3 is 2.60 bits per heavy atom. The third-order valence-electron chi connectivity index (χ3n) is 2.70. The fourth-order valence-corrected chi connectivity index (χ4v) is 4.66. The number of aliphatic hydroxyl groups is 1. The van der Waals surface area contributed by atoms with Crippen molar-refractivity contribution in [2.45, 2.75) is 25.3 Å². The fraction of sp³-hybridized carbons (Fsp3) is 0.231. The minimum Gasteiger partial charge on any atom is -0.391 e. The highest BCUT2D eigenvalue weighted by Crippen LogP contribution is 2.29. The summed E-state index contributed by atoms with van der Waals surface area (Å²) in [6, 6.07) is 3.97. The molecule has 0 bridgehead atoms. The summed E-state index contributed by atoms with van der Waals surface area (Å²) in [5, 5.41) is 10.9. The highest BCUT2D eigenvalue weighted by atomic mass is 32.2. The van der Waals surface area contributed by atoms with Gasteiger partial charge in [0, 0.05) is 0 Å². The van der Waals surface area contributed by atoms with Gasteiger partial charge >= 0.3 is 0 Å². The number of benzene rings is 1.